The van der Waals surface area contributed by atoms with Crippen LogP contribution in [0.2, 0.25) is 0 Å². The molecule has 0 spiro atoms. The van der Waals surface area contributed by atoms with Crippen molar-refractivity contribution in [3.63, 3.8) is 0 Å². The molecule has 1 aliphatic rings. The normalized spacial score (nSPS) is 17.0. The van der Waals surface area contributed by atoms with E-state index >= 15 is 0 Å². The fourth-order valence-corrected chi connectivity index (χ4v) is 3.56. The lowest BCUT2D eigenvalue weighted by molar-refractivity contribution is 0.429. The first-order valence-corrected chi connectivity index (χ1v) is 7.89. The number of thiazole rings is 1. The molecule has 0 saturated heterocycles. The van der Waals surface area contributed by atoms with Crippen molar-refractivity contribution in [3.8, 4) is 11.3 Å². The molecule has 2 aromatic rings. The molecule has 3 rings (SSSR count). The Bertz CT molecular complexity index is 589. The molecule has 0 bridgehead atoms. The Morgan fingerprint density at radius 1 is 1.10 bits per heavy atom. The molecular formula is C18H19N2S. The maximum Gasteiger partial charge on any atom is 0.0904 e. The van der Waals surface area contributed by atoms with Crippen LogP contribution in [0.5, 0.6) is 0 Å². The molecule has 1 aromatic carbocycles. The Morgan fingerprint density at radius 3 is 2.57 bits per heavy atom. The van der Waals surface area contributed by atoms with Gasteiger partial charge in [-0.1, -0.05) is 30.3 Å². The molecule has 1 heterocycles. The van der Waals surface area contributed by atoms with E-state index < -0.39 is 0 Å². The summed E-state index contributed by atoms with van der Waals surface area (Å²) in [5.41, 5.74) is 2.29. The lowest BCUT2D eigenvalue weighted by atomic mass is 9.92. The summed E-state index contributed by atoms with van der Waals surface area (Å²) in [7, 11) is 4.21. The lowest BCUT2D eigenvalue weighted by Crippen LogP contribution is -2.22. The van der Waals surface area contributed by atoms with E-state index in [0.717, 1.165) is 17.2 Å². The van der Waals surface area contributed by atoms with Gasteiger partial charge in [-0.3, -0.25) is 0 Å². The van der Waals surface area contributed by atoms with Gasteiger partial charge in [-0.25, -0.2) is 4.98 Å². The second-order valence-electron chi connectivity index (χ2n) is 5.48. The van der Waals surface area contributed by atoms with E-state index in [2.05, 4.69) is 69.4 Å². The van der Waals surface area contributed by atoms with E-state index in [-0.39, 0.29) is 0 Å². The molecule has 5 radical (unpaired) electrons. The molecule has 0 unspecified atom stereocenters. The second kappa shape index (κ2) is 6.29. The van der Waals surface area contributed by atoms with Crippen molar-refractivity contribution in [3.05, 3.63) is 71.3 Å². The molecular weight excluding hydrogens is 276 g/mol. The van der Waals surface area contributed by atoms with Gasteiger partial charge in [-0.05, 0) is 40.3 Å². The first-order valence-electron chi connectivity index (χ1n) is 7.07. The van der Waals surface area contributed by atoms with Crippen molar-refractivity contribution >= 4 is 11.3 Å². The van der Waals surface area contributed by atoms with Crippen molar-refractivity contribution < 1.29 is 0 Å². The van der Waals surface area contributed by atoms with Crippen LogP contribution < -0.4 is 0 Å². The highest BCUT2D eigenvalue weighted by Crippen LogP contribution is 2.44. The van der Waals surface area contributed by atoms with E-state index in [1.807, 2.05) is 6.07 Å². The summed E-state index contributed by atoms with van der Waals surface area (Å²) < 4.78 is 0. The molecule has 1 aromatic heterocycles. The van der Waals surface area contributed by atoms with Crippen LogP contribution in [0.4, 0.5) is 0 Å². The molecule has 0 amide bonds. The van der Waals surface area contributed by atoms with Gasteiger partial charge in [0.2, 0.25) is 0 Å². The summed E-state index contributed by atoms with van der Waals surface area (Å²) in [5, 5.41) is 1.11. The summed E-state index contributed by atoms with van der Waals surface area (Å²) in [6, 6.07) is 10.4. The van der Waals surface area contributed by atoms with Gasteiger partial charge in [0.05, 0.1) is 10.7 Å². The summed E-state index contributed by atoms with van der Waals surface area (Å²) in [6.45, 7) is 3.03. The SMILES string of the molecule is Cc1nc(-c2ccccc2)c([C]2[CH][CH][CH][C]2CN(C)C)s1. The molecule has 0 aliphatic heterocycles. The van der Waals surface area contributed by atoms with Crippen LogP contribution in [0, 0.1) is 38.0 Å². The zero-order valence-corrected chi connectivity index (χ0v) is 13.4. The largest absolute Gasteiger partial charge is 0.309 e. The highest BCUT2D eigenvalue weighted by atomic mass is 32.1. The fourth-order valence-electron chi connectivity index (χ4n) is 2.56. The van der Waals surface area contributed by atoms with Crippen molar-refractivity contribution in [1.82, 2.24) is 9.88 Å². The van der Waals surface area contributed by atoms with Crippen molar-refractivity contribution in [1.29, 1.82) is 0 Å². The number of benzene rings is 1. The summed E-state index contributed by atoms with van der Waals surface area (Å²) in [6.07, 6.45) is 6.55. The minimum atomic E-state index is 0.952. The molecule has 1 saturated carbocycles. The Morgan fingerprint density at radius 2 is 1.86 bits per heavy atom. The van der Waals surface area contributed by atoms with Gasteiger partial charge in [-0.15, -0.1) is 11.3 Å². The van der Waals surface area contributed by atoms with E-state index in [9.17, 15) is 0 Å². The van der Waals surface area contributed by atoms with Gasteiger partial charge < -0.3 is 4.90 Å². The van der Waals surface area contributed by atoms with Crippen LogP contribution in [0.25, 0.3) is 11.3 Å². The van der Waals surface area contributed by atoms with Gasteiger partial charge in [0.25, 0.3) is 0 Å². The quantitative estimate of drug-likeness (QED) is 0.853. The number of rotatable bonds is 4. The third kappa shape index (κ3) is 3.19. The van der Waals surface area contributed by atoms with Crippen LogP contribution >= 0.6 is 11.3 Å². The Kier molecular flexibility index (Phi) is 4.41. The maximum absolute atomic E-state index is 4.76. The average molecular weight is 295 g/mol. The Hall–Kier alpha value is -1.19. The van der Waals surface area contributed by atoms with Crippen molar-refractivity contribution in [2.45, 2.75) is 6.92 Å². The topological polar surface area (TPSA) is 16.1 Å². The number of hydrogen-bond donors (Lipinski definition) is 0. The average Bonchev–Trinajstić information content (AvgIpc) is 3.05. The van der Waals surface area contributed by atoms with Crippen molar-refractivity contribution in [2.75, 3.05) is 20.6 Å². The molecule has 0 atom stereocenters. The lowest BCUT2D eigenvalue weighted by Gasteiger charge is -2.21. The minimum absolute atomic E-state index is 0.952. The van der Waals surface area contributed by atoms with E-state index in [0.29, 0.717) is 0 Å². The van der Waals surface area contributed by atoms with E-state index in [1.54, 1.807) is 11.3 Å². The number of hydrogen-bond acceptors (Lipinski definition) is 3. The third-order valence-corrected chi connectivity index (χ3v) is 4.42. The molecule has 3 heteroatoms. The maximum atomic E-state index is 4.76. The zero-order valence-electron chi connectivity index (χ0n) is 12.6. The third-order valence-electron chi connectivity index (χ3n) is 3.42. The van der Waals surface area contributed by atoms with Gasteiger partial charge in [0, 0.05) is 28.8 Å². The minimum Gasteiger partial charge on any atom is -0.309 e. The van der Waals surface area contributed by atoms with Crippen LogP contribution in [-0.2, 0) is 0 Å². The monoisotopic (exact) mass is 295 g/mol. The molecule has 2 nitrogen and oxygen atoms in total. The Balaban J connectivity index is 1.95. The fraction of sp³-hybridized carbons (Fsp3) is 0.222. The van der Waals surface area contributed by atoms with E-state index in [1.165, 1.54) is 22.3 Å². The molecule has 1 aliphatic carbocycles. The van der Waals surface area contributed by atoms with Crippen LogP contribution in [0.3, 0.4) is 0 Å². The van der Waals surface area contributed by atoms with Gasteiger partial charge in [0.15, 0.2) is 0 Å². The smallest absolute Gasteiger partial charge is 0.0904 e. The first kappa shape index (κ1) is 14.7. The van der Waals surface area contributed by atoms with Crippen LogP contribution in [-0.4, -0.2) is 30.5 Å². The Labute approximate surface area is 131 Å². The standard InChI is InChI=1S/C18H19N2S/c1-13-19-17(14-8-5-4-6-9-14)18(21-13)16-11-7-10-15(16)12-20(2)3/h4-11H,12H2,1-3H3. The number of aromatic nitrogens is 1. The predicted octanol–water partition coefficient (Wildman–Crippen LogP) is 3.80. The number of nitrogens with zero attached hydrogens (tertiary/aromatic N) is 2. The molecule has 21 heavy (non-hydrogen) atoms. The highest BCUT2D eigenvalue weighted by Gasteiger charge is 2.34. The first-order chi connectivity index (χ1) is 10.1. The zero-order chi connectivity index (χ0) is 14.8. The second-order valence-corrected chi connectivity index (χ2v) is 6.68. The van der Waals surface area contributed by atoms with Gasteiger partial charge in [0.1, 0.15) is 0 Å². The summed E-state index contributed by atoms with van der Waals surface area (Å²) in [5.74, 6) is 2.67. The molecule has 0 N–H and O–H groups in total. The summed E-state index contributed by atoms with van der Waals surface area (Å²) >= 11 is 1.78. The van der Waals surface area contributed by atoms with Gasteiger partial charge >= 0.3 is 0 Å². The van der Waals surface area contributed by atoms with Crippen molar-refractivity contribution in [2.24, 2.45) is 0 Å². The van der Waals surface area contributed by atoms with Crippen LogP contribution in [0.15, 0.2) is 30.3 Å². The molecule has 107 valence electrons. The van der Waals surface area contributed by atoms with E-state index in [4.69, 9.17) is 4.98 Å². The summed E-state index contributed by atoms with van der Waals surface area (Å²) in [4.78, 5) is 8.24. The molecule has 1 fully saturated rings. The van der Waals surface area contributed by atoms with Gasteiger partial charge in [-0.2, -0.15) is 0 Å². The predicted molar refractivity (Wildman–Crippen MR) is 89.3 cm³/mol. The highest BCUT2D eigenvalue weighted by molar-refractivity contribution is 7.12. The van der Waals surface area contributed by atoms with Crippen LogP contribution in [0.1, 0.15) is 9.88 Å². The number of aryl methyl sites for hydroxylation is 1.